The minimum Gasteiger partial charge on any atom is -0.491 e. The first-order valence-corrected chi connectivity index (χ1v) is 10.7. The number of hydrogen-bond acceptors (Lipinski definition) is 6. The Kier molecular flexibility index (Phi) is 9.61. The third-order valence-corrected chi connectivity index (χ3v) is 6.46. The van der Waals surface area contributed by atoms with Gasteiger partial charge in [0.2, 0.25) is 0 Å². The van der Waals surface area contributed by atoms with E-state index in [1.165, 1.54) is 11.8 Å². The number of halogens is 1. The van der Waals surface area contributed by atoms with Crippen LogP contribution in [0.15, 0.2) is 36.4 Å². The Bertz CT molecular complexity index is 655. The van der Waals surface area contributed by atoms with Crippen LogP contribution in [0.1, 0.15) is 25.7 Å². The number of hydrogen-bond donors (Lipinski definition) is 4. The van der Waals surface area contributed by atoms with E-state index in [4.69, 9.17) is 21.4 Å². The summed E-state index contributed by atoms with van der Waals surface area (Å²) < 4.78 is 5.53. The van der Waals surface area contributed by atoms with Crippen molar-refractivity contribution in [1.29, 1.82) is 0 Å². The van der Waals surface area contributed by atoms with E-state index < -0.39 is 24.3 Å². The Morgan fingerprint density at radius 2 is 2.11 bits per heavy atom. The maximum absolute atomic E-state index is 10.5. The summed E-state index contributed by atoms with van der Waals surface area (Å²) in [7, 11) is 0. The monoisotopic (exact) mass is 430 g/mol. The van der Waals surface area contributed by atoms with Crippen molar-refractivity contribution < 1.29 is 30.0 Å². The molecule has 156 valence electrons. The van der Waals surface area contributed by atoms with Crippen LogP contribution in [-0.2, 0) is 4.79 Å². The molecule has 0 radical (unpaired) electrons. The van der Waals surface area contributed by atoms with Crippen molar-refractivity contribution in [2.45, 2.75) is 49.2 Å². The molecule has 0 bridgehead atoms. The summed E-state index contributed by atoms with van der Waals surface area (Å²) in [5, 5.41) is 39.7. The van der Waals surface area contributed by atoms with Crippen LogP contribution in [0.2, 0.25) is 5.02 Å². The number of rotatable bonds is 11. The summed E-state index contributed by atoms with van der Waals surface area (Å²) >= 11 is 7.32. The fraction of sp³-hybridized carbons (Fsp3) is 0.550. The van der Waals surface area contributed by atoms with Crippen LogP contribution in [-0.4, -0.2) is 62.3 Å². The number of aliphatic hydroxyl groups excluding tert-OH is 3. The Morgan fingerprint density at radius 3 is 2.82 bits per heavy atom. The van der Waals surface area contributed by atoms with Gasteiger partial charge in [0.1, 0.15) is 12.4 Å². The van der Waals surface area contributed by atoms with Gasteiger partial charge in [-0.1, -0.05) is 29.8 Å². The first-order valence-electron chi connectivity index (χ1n) is 9.27. The maximum Gasteiger partial charge on any atom is 0.303 e. The zero-order valence-corrected chi connectivity index (χ0v) is 17.1. The molecule has 28 heavy (non-hydrogen) atoms. The number of carboxylic acids is 1. The second-order valence-electron chi connectivity index (χ2n) is 6.89. The van der Waals surface area contributed by atoms with E-state index in [1.807, 2.05) is 6.08 Å². The number of carboxylic acid groups (broad SMARTS) is 1. The Labute approximate surface area is 174 Å². The van der Waals surface area contributed by atoms with Gasteiger partial charge in [-0.05, 0) is 31.0 Å². The smallest absolute Gasteiger partial charge is 0.303 e. The SMILES string of the molecule is O=C(O)CCC=CCC1C(O)CC(O)C1SCC(O)COc1cccc(Cl)c1. The van der Waals surface area contributed by atoms with Gasteiger partial charge in [0.05, 0.1) is 18.3 Å². The summed E-state index contributed by atoms with van der Waals surface area (Å²) in [5.41, 5.74) is 0. The van der Waals surface area contributed by atoms with E-state index in [0.717, 1.165) is 0 Å². The number of benzene rings is 1. The number of allylic oxidation sites excluding steroid dienone is 2. The normalized spacial score (nSPS) is 25.9. The van der Waals surface area contributed by atoms with Crippen LogP contribution in [0.25, 0.3) is 0 Å². The van der Waals surface area contributed by atoms with Crippen molar-refractivity contribution in [3.63, 3.8) is 0 Å². The standard InChI is InChI=1S/C20H27ClO6S/c21-13-5-4-6-15(9-13)27-11-14(22)12-28-20-16(17(23)10-18(20)24)7-2-1-3-8-19(25)26/h1-2,4-6,9,14,16-18,20,22-24H,3,7-8,10-12H2,(H,25,26). The lowest BCUT2D eigenvalue weighted by Crippen LogP contribution is -2.28. The number of carbonyl (C=O) groups is 1. The molecule has 2 rings (SSSR count). The Balaban J connectivity index is 1.78. The number of aliphatic hydroxyl groups is 3. The van der Waals surface area contributed by atoms with E-state index in [1.54, 1.807) is 30.3 Å². The summed E-state index contributed by atoms with van der Waals surface area (Å²) in [6, 6.07) is 6.94. The fourth-order valence-corrected chi connectivity index (χ4v) is 4.78. The van der Waals surface area contributed by atoms with Gasteiger partial charge < -0.3 is 25.2 Å². The predicted molar refractivity (Wildman–Crippen MR) is 110 cm³/mol. The minimum atomic E-state index is -0.844. The molecule has 0 spiro atoms. The third kappa shape index (κ3) is 7.64. The highest BCUT2D eigenvalue weighted by molar-refractivity contribution is 8.00. The van der Waals surface area contributed by atoms with Gasteiger partial charge >= 0.3 is 5.97 Å². The van der Waals surface area contributed by atoms with Crippen LogP contribution in [0.5, 0.6) is 5.75 Å². The number of aliphatic carboxylic acids is 1. The Hall–Kier alpha value is -1.25. The van der Waals surface area contributed by atoms with Crippen molar-refractivity contribution in [2.75, 3.05) is 12.4 Å². The first kappa shape index (κ1) is 23.0. The second-order valence-corrected chi connectivity index (χ2v) is 8.54. The molecule has 5 unspecified atom stereocenters. The molecule has 5 atom stereocenters. The molecule has 0 amide bonds. The molecule has 0 heterocycles. The van der Waals surface area contributed by atoms with E-state index in [0.29, 0.717) is 35.8 Å². The van der Waals surface area contributed by atoms with E-state index in [9.17, 15) is 20.1 Å². The average Bonchev–Trinajstić information content (AvgIpc) is 2.90. The van der Waals surface area contributed by atoms with E-state index in [-0.39, 0.29) is 24.2 Å². The topological polar surface area (TPSA) is 107 Å². The summed E-state index contributed by atoms with van der Waals surface area (Å²) in [5.74, 6) is -0.0309. The molecule has 1 aliphatic carbocycles. The minimum absolute atomic E-state index is 0.0728. The highest BCUT2D eigenvalue weighted by Gasteiger charge is 2.41. The molecule has 4 N–H and O–H groups in total. The Morgan fingerprint density at radius 1 is 1.32 bits per heavy atom. The maximum atomic E-state index is 10.5. The molecule has 1 aromatic carbocycles. The van der Waals surface area contributed by atoms with Crippen LogP contribution in [0, 0.1) is 5.92 Å². The zero-order chi connectivity index (χ0) is 20.5. The molecule has 6 nitrogen and oxygen atoms in total. The fourth-order valence-electron chi connectivity index (χ4n) is 3.18. The lowest BCUT2D eigenvalue weighted by molar-refractivity contribution is -0.136. The molecule has 1 aliphatic rings. The number of ether oxygens (including phenoxy) is 1. The lowest BCUT2D eigenvalue weighted by atomic mass is 10.0. The van der Waals surface area contributed by atoms with Gasteiger partial charge in [0, 0.05) is 34.8 Å². The molecule has 1 fully saturated rings. The molecule has 1 saturated carbocycles. The van der Waals surface area contributed by atoms with Gasteiger partial charge in [0.25, 0.3) is 0 Å². The molecular formula is C20H27ClO6S. The van der Waals surface area contributed by atoms with Gasteiger partial charge in [-0.25, -0.2) is 0 Å². The van der Waals surface area contributed by atoms with Crippen molar-refractivity contribution in [3.8, 4) is 5.75 Å². The first-order chi connectivity index (χ1) is 13.4. The molecule has 0 aromatic heterocycles. The van der Waals surface area contributed by atoms with Crippen LogP contribution < -0.4 is 4.74 Å². The quantitative estimate of drug-likeness (QED) is 0.400. The highest BCUT2D eigenvalue weighted by Crippen LogP contribution is 2.38. The predicted octanol–water partition coefficient (Wildman–Crippen LogP) is 2.73. The van der Waals surface area contributed by atoms with Crippen LogP contribution in [0.4, 0.5) is 0 Å². The summed E-state index contributed by atoms with van der Waals surface area (Å²) in [6.07, 6.45) is 3.06. The van der Waals surface area contributed by atoms with Crippen LogP contribution >= 0.6 is 23.4 Å². The second kappa shape index (κ2) is 11.7. The lowest BCUT2D eigenvalue weighted by Gasteiger charge is -2.23. The van der Waals surface area contributed by atoms with E-state index in [2.05, 4.69) is 0 Å². The van der Waals surface area contributed by atoms with Crippen molar-refractivity contribution in [2.24, 2.45) is 5.92 Å². The highest BCUT2D eigenvalue weighted by atomic mass is 35.5. The molecule has 8 heteroatoms. The third-order valence-electron chi connectivity index (χ3n) is 4.60. The average molecular weight is 431 g/mol. The van der Waals surface area contributed by atoms with Gasteiger partial charge in [0.15, 0.2) is 0 Å². The van der Waals surface area contributed by atoms with Crippen molar-refractivity contribution >= 4 is 29.3 Å². The van der Waals surface area contributed by atoms with Gasteiger partial charge in [-0.2, -0.15) is 11.8 Å². The molecule has 0 saturated heterocycles. The van der Waals surface area contributed by atoms with Crippen molar-refractivity contribution in [1.82, 2.24) is 0 Å². The zero-order valence-electron chi connectivity index (χ0n) is 15.5. The molecule has 0 aliphatic heterocycles. The van der Waals surface area contributed by atoms with Crippen LogP contribution in [0.3, 0.4) is 0 Å². The summed E-state index contributed by atoms with van der Waals surface area (Å²) in [6.45, 7) is 0.110. The molecular weight excluding hydrogens is 404 g/mol. The summed E-state index contributed by atoms with van der Waals surface area (Å²) in [4.78, 5) is 10.5. The molecule has 1 aromatic rings. The van der Waals surface area contributed by atoms with Gasteiger partial charge in [-0.15, -0.1) is 0 Å². The van der Waals surface area contributed by atoms with E-state index >= 15 is 0 Å². The van der Waals surface area contributed by atoms with Crippen molar-refractivity contribution in [3.05, 3.63) is 41.4 Å². The van der Waals surface area contributed by atoms with Gasteiger partial charge in [-0.3, -0.25) is 4.79 Å². The number of thioether (sulfide) groups is 1. The largest absolute Gasteiger partial charge is 0.491 e.